The molecule has 31 heavy (non-hydrogen) atoms. The number of allylic oxidation sites excluding steroid dienone is 1. The summed E-state index contributed by atoms with van der Waals surface area (Å²) in [6, 6.07) is 5.33. The van der Waals surface area contributed by atoms with Crippen LogP contribution in [0.4, 0.5) is 5.69 Å². The second kappa shape index (κ2) is 9.38. The van der Waals surface area contributed by atoms with Gasteiger partial charge in [-0.3, -0.25) is 15.2 Å². The molecule has 9 nitrogen and oxygen atoms in total. The third-order valence-corrected chi connectivity index (χ3v) is 5.64. The van der Waals surface area contributed by atoms with Gasteiger partial charge in [0.1, 0.15) is 23.8 Å². The molecule has 168 valence electrons. The molecule has 0 aromatic heterocycles. The largest absolute Gasteiger partial charge is 0.488 e. The van der Waals surface area contributed by atoms with Crippen LogP contribution < -0.4 is 16.2 Å². The van der Waals surface area contributed by atoms with E-state index < -0.39 is 0 Å². The average Bonchev–Trinajstić information content (AvgIpc) is 3.49. The molecule has 0 radical (unpaired) electrons. The van der Waals surface area contributed by atoms with E-state index in [0.717, 1.165) is 12.8 Å². The Bertz CT molecular complexity index is 899. The molecular weight excluding hydrogens is 396 g/mol. The van der Waals surface area contributed by atoms with Crippen LogP contribution in [0.15, 0.2) is 35.0 Å². The molecule has 5 N–H and O–H groups in total. The van der Waals surface area contributed by atoms with Gasteiger partial charge in [0.2, 0.25) is 5.91 Å². The van der Waals surface area contributed by atoms with Crippen molar-refractivity contribution in [3.63, 3.8) is 0 Å². The second-order valence-electron chi connectivity index (χ2n) is 8.16. The van der Waals surface area contributed by atoms with Crippen molar-refractivity contribution in [3.05, 3.63) is 35.5 Å². The molecule has 2 fully saturated rings. The molecule has 2 aliphatic rings. The van der Waals surface area contributed by atoms with Crippen molar-refractivity contribution in [1.82, 2.24) is 9.80 Å². The summed E-state index contributed by atoms with van der Waals surface area (Å²) in [5, 5.41) is 8.57. The Morgan fingerprint density at radius 1 is 1.26 bits per heavy atom. The number of ether oxygens (including phenoxy) is 2. The molecule has 1 aromatic carbocycles. The first kappa shape index (κ1) is 22.6. The smallest absolute Gasteiger partial charge is 0.248 e. The van der Waals surface area contributed by atoms with Gasteiger partial charge in [-0.05, 0) is 38.0 Å². The van der Waals surface area contributed by atoms with Crippen LogP contribution in [0.25, 0.3) is 0 Å². The SMILES string of the molecule is CN=C(C=C(N)C(=N)c1cc(OC2(C)CC2)ccc1N)N1CCN(C(=O)COC)CC1. The van der Waals surface area contributed by atoms with Gasteiger partial charge in [0.25, 0.3) is 0 Å². The van der Waals surface area contributed by atoms with Crippen LogP contribution in [0, 0.1) is 5.41 Å². The Kier molecular flexibility index (Phi) is 6.84. The third-order valence-electron chi connectivity index (χ3n) is 5.64. The number of rotatable bonds is 7. The van der Waals surface area contributed by atoms with E-state index in [1.165, 1.54) is 7.11 Å². The zero-order valence-electron chi connectivity index (χ0n) is 18.5. The molecule has 0 unspecified atom stereocenters. The highest BCUT2D eigenvalue weighted by atomic mass is 16.5. The number of amidine groups is 1. The molecule has 1 heterocycles. The molecule has 3 rings (SSSR count). The molecular formula is C22H32N6O3. The standard InChI is InChI=1S/C22H32N6O3/c1-22(6-7-22)31-15-4-5-17(23)16(12-15)21(25)18(24)13-19(26-2)27-8-10-28(11-9-27)20(29)14-30-3/h4-5,12-13,25H,6-11,14,23-24H2,1-3H3. The number of carbonyl (C=O) groups is 1. The number of anilines is 1. The maximum atomic E-state index is 12.0. The third kappa shape index (κ3) is 5.55. The lowest BCUT2D eigenvalue weighted by atomic mass is 10.0. The van der Waals surface area contributed by atoms with Gasteiger partial charge in [0, 0.05) is 57.7 Å². The number of nitrogens with one attached hydrogen (secondary N) is 1. The molecule has 1 amide bonds. The van der Waals surface area contributed by atoms with Gasteiger partial charge in [-0.2, -0.15) is 0 Å². The Balaban J connectivity index is 1.69. The van der Waals surface area contributed by atoms with E-state index in [9.17, 15) is 4.79 Å². The van der Waals surface area contributed by atoms with Crippen molar-refractivity contribution in [3.8, 4) is 5.75 Å². The van der Waals surface area contributed by atoms with E-state index in [2.05, 4.69) is 11.9 Å². The van der Waals surface area contributed by atoms with Crippen molar-refractivity contribution in [2.24, 2.45) is 10.7 Å². The summed E-state index contributed by atoms with van der Waals surface area (Å²) in [6.07, 6.45) is 3.73. The van der Waals surface area contributed by atoms with Crippen LogP contribution in [-0.2, 0) is 9.53 Å². The first-order chi connectivity index (χ1) is 14.8. The van der Waals surface area contributed by atoms with Crippen LogP contribution in [0.2, 0.25) is 0 Å². The van der Waals surface area contributed by atoms with Crippen LogP contribution >= 0.6 is 0 Å². The zero-order chi connectivity index (χ0) is 22.6. The lowest BCUT2D eigenvalue weighted by Crippen LogP contribution is -2.51. The van der Waals surface area contributed by atoms with Gasteiger partial charge < -0.3 is 30.7 Å². The summed E-state index contributed by atoms with van der Waals surface area (Å²) in [5.41, 5.74) is 13.6. The van der Waals surface area contributed by atoms with Crippen LogP contribution in [0.5, 0.6) is 5.75 Å². The number of amides is 1. The van der Waals surface area contributed by atoms with Crippen molar-refractivity contribution in [2.45, 2.75) is 25.4 Å². The van der Waals surface area contributed by atoms with E-state index in [-0.39, 0.29) is 29.5 Å². The molecule has 1 aliphatic carbocycles. The number of nitrogens with two attached hydrogens (primary N) is 2. The maximum Gasteiger partial charge on any atom is 0.248 e. The molecule has 0 bridgehead atoms. The lowest BCUT2D eigenvalue weighted by molar-refractivity contribution is -0.136. The fourth-order valence-electron chi connectivity index (χ4n) is 3.44. The summed E-state index contributed by atoms with van der Waals surface area (Å²) in [5.74, 6) is 1.33. The van der Waals surface area contributed by atoms with Crippen molar-refractivity contribution >= 4 is 23.1 Å². The van der Waals surface area contributed by atoms with Gasteiger partial charge in [-0.15, -0.1) is 0 Å². The Morgan fingerprint density at radius 2 is 1.90 bits per heavy atom. The number of piperazine rings is 1. The molecule has 1 saturated heterocycles. The minimum Gasteiger partial charge on any atom is -0.488 e. The number of carbonyl (C=O) groups excluding carboxylic acids is 1. The van der Waals surface area contributed by atoms with E-state index in [0.29, 0.717) is 49.0 Å². The van der Waals surface area contributed by atoms with E-state index >= 15 is 0 Å². The van der Waals surface area contributed by atoms with Crippen molar-refractivity contribution < 1.29 is 14.3 Å². The molecule has 0 spiro atoms. The summed E-state index contributed by atoms with van der Waals surface area (Å²) < 4.78 is 10.9. The van der Waals surface area contributed by atoms with Crippen LogP contribution in [0.1, 0.15) is 25.3 Å². The molecule has 0 atom stereocenters. The average molecular weight is 429 g/mol. The van der Waals surface area contributed by atoms with Gasteiger partial charge in [-0.25, -0.2) is 0 Å². The predicted molar refractivity (Wildman–Crippen MR) is 122 cm³/mol. The normalized spacial score (nSPS) is 18.7. The highest BCUT2D eigenvalue weighted by Crippen LogP contribution is 2.40. The minimum atomic E-state index is -0.119. The number of methoxy groups -OCH3 is 1. The minimum absolute atomic E-state index is 0.0217. The number of nitrogen functional groups attached to an aromatic ring is 1. The topological polar surface area (TPSA) is 130 Å². The van der Waals surface area contributed by atoms with Gasteiger partial charge in [-0.1, -0.05) is 0 Å². The fourth-order valence-corrected chi connectivity index (χ4v) is 3.44. The molecule has 1 saturated carbocycles. The van der Waals surface area contributed by atoms with Gasteiger partial charge >= 0.3 is 0 Å². The summed E-state index contributed by atoms with van der Waals surface area (Å²) in [6.45, 7) is 4.57. The van der Waals surface area contributed by atoms with Gasteiger partial charge in [0.05, 0.1) is 11.4 Å². The molecule has 9 heteroatoms. The second-order valence-corrected chi connectivity index (χ2v) is 8.16. The first-order valence-corrected chi connectivity index (χ1v) is 10.4. The summed E-state index contributed by atoms with van der Waals surface area (Å²) >= 11 is 0. The summed E-state index contributed by atoms with van der Waals surface area (Å²) in [7, 11) is 3.20. The maximum absolute atomic E-state index is 12.0. The van der Waals surface area contributed by atoms with E-state index in [1.807, 2.05) is 11.0 Å². The Hall–Kier alpha value is -3.07. The predicted octanol–water partition coefficient (Wildman–Crippen LogP) is 1.23. The number of hydrogen-bond donors (Lipinski definition) is 3. The van der Waals surface area contributed by atoms with Crippen LogP contribution in [0.3, 0.4) is 0 Å². The lowest BCUT2D eigenvalue weighted by Gasteiger charge is -2.35. The zero-order valence-corrected chi connectivity index (χ0v) is 18.5. The number of benzene rings is 1. The van der Waals surface area contributed by atoms with Crippen molar-refractivity contribution in [1.29, 1.82) is 5.41 Å². The number of hydrogen-bond acceptors (Lipinski definition) is 7. The highest BCUT2D eigenvalue weighted by molar-refractivity contribution is 6.15. The quantitative estimate of drug-likeness (QED) is 0.340. The summed E-state index contributed by atoms with van der Waals surface area (Å²) in [4.78, 5) is 20.1. The van der Waals surface area contributed by atoms with Gasteiger partial charge in [0.15, 0.2) is 0 Å². The first-order valence-electron chi connectivity index (χ1n) is 10.4. The molecule has 1 aliphatic heterocycles. The Morgan fingerprint density at radius 3 is 2.48 bits per heavy atom. The molecule has 1 aromatic rings. The number of nitrogens with zero attached hydrogens (tertiary/aromatic N) is 3. The number of aliphatic imine (C=N–C) groups is 1. The van der Waals surface area contributed by atoms with E-state index in [4.69, 9.17) is 26.4 Å². The van der Waals surface area contributed by atoms with Crippen LogP contribution in [-0.4, -0.2) is 79.8 Å². The van der Waals surface area contributed by atoms with Crippen molar-refractivity contribution in [2.75, 3.05) is 52.7 Å². The van der Waals surface area contributed by atoms with E-state index in [1.54, 1.807) is 30.2 Å². The highest BCUT2D eigenvalue weighted by Gasteiger charge is 2.40. The monoisotopic (exact) mass is 428 g/mol. The Labute approximate surface area is 183 Å². The fraction of sp³-hybridized carbons (Fsp3) is 0.500.